The van der Waals surface area contributed by atoms with Gasteiger partial charge in [0.1, 0.15) is 0 Å². The largest absolute Gasteiger partial charge is 0.381 e. The molecule has 0 aromatic heterocycles. The summed E-state index contributed by atoms with van der Waals surface area (Å²) in [5, 5.41) is 7.38. The van der Waals surface area contributed by atoms with E-state index >= 15 is 0 Å². The van der Waals surface area contributed by atoms with E-state index < -0.39 is 0 Å². The van der Waals surface area contributed by atoms with Gasteiger partial charge in [0.25, 0.3) is 0 Å². The standard InChI is InChI=1S/C34H40N2O2/c37-33-27(19-17-23-13-7-15-29(23)33)21-35-31(25-9-3-1-4-10-25)32(26-11-5-2-6-12-26)36-22-28-20-18-24-14-8-16-30(24)34(28)38/h1-6,9-12,21-24,29-32,35-36H,7-8,13-20H2/b27-21-,28-22-/t23?,24?,29?,30?,31-,32+. The summed E-state index contributed by atoms with van der Waals surface area (Å²) >= 11 is 0. The maximum absolute atomic E-state index is 13.3. The first-order valence-corrected chi connectivity index (χ1v) is 14.8. The van der Waals surface area contributed by atoms with Crippen LogP contribution < -0.4 is 10.6 Å². The molecule has 38 heavy (non-hydrogen) atoms. The lowest BCUT2D eigenvalue weighted by molar-refractivity contribution is -0.122. The molecule has 0 saturated heterocycles. The summed E-state index contributed by atoms with van der Waals surface area (Å²) in [7, 11) is 0. The van der Waals surface area contributed by atoms with E-state index in [2.05, 4.69) is 59.2 Å². The zero-order chi connectivity index (χ0) is 25.9. The van der Waals surface area contributed by atoms with Gasteiger partial charge >= 0.3 is 0 Å². The van der Waals surface area contributed by atoms with Crippen molar-refractivity contribution in [3.63, 3.8) is 0 Å². The molecule has 6 atom stereocenters. The summed E-state index contributed by atoms with van der Waals surface area (Å²) in [4.78, 5) is 26.6. The Kier molecular flexibility index (Phi) is 7.49. The predicted molar refractivity (Wildman–Crippen MR) is 151 cm³/mol. The Morgan fingerprint density at radius 1 is 0.579 bits per heavy atom. The molecule has 0 heterocycles. The number of ketones is 2. The van der Waals surface area contributed by atoms with Crippen molar-refractivity contribution in [3.8, 4) is 0 Å². The Balaban J connectivity index is 1.30. The van der Waals surface area contributed by atoms with E-state index in [-0.39, 0.29) is 23.9 Å². The molecular weight excluding hydrogens is 468 g/mol. The van der Waals surface area contributed by atoms with E-state index in [1.54, 1.807) is 0 Å². The Bertz CT molecular complexity index is 1110. The third-order valence-electron chi connectivity index (χ3n) is 9.72. The SMILES string of the molecule is O=C1/C(=C\N[C@H](c2ccccc2)[C@@H](N/C=C2/CCC3CCCC3C2=O)c2ccccc2)CCC2CCCC12. The first kappa shape index (κ1) is 25.2. The van der Waals surface area contributed by atoms with Crippen LogP contribution in [0.25, 0.3) is 0 Å². The van der Waals surface area contributed by atoms with Crippen molar-refractivity contribution in [2.75, 3.05) is 0 Å². The van der Waals surface area contributed by atoms with Gasteiger partial charge in [-0.15, -0.1) is 0 Å². The summed E-state index contributed by atoms with van der Waals surface area (Å²) in [5.41, 5.74) is 4.18. The Morgan fingerprint density at radius 2 is 1.00 bits per heavy atom. The minimum Gasteiger partial charge on any atom is -0.381 e. The molecule has 198 valence electrons. The molecule has 4 aliphatic carbocycles. The van der Waals surface area contributed by atoms with Crippen LogP contribution in [-0.4, -0.2) is 11.6 Å². The lowest BCUT2D eigenvalue weighted by Crippen LogP contribution is -2.34. The molecule has 4 fully saturated rings. The minimum atomic E-state index is -0.102. The topological polar surface area (TPSA) is 58.2 Å². The molecule has 2 aromatic carbocycles. The van der Waals surface area contributed by atoms with Crippen LogP contribution in [0.4, 0.5) is 0 Å². The summed E-state index contributed by atoms with van der Waals surface area (Å²) in [5.74, 6) is 2.31. The highest BCUT2D eigenvalue weighted by Crippen LogP contribution is 2.43. The van der Waals surface area contributed by atoms with Gasteiger partial charge < -0.3 is 10.6 Å². The van der Waals surface area contributed by atoms with Crippen molar-refractivity contribution in [1.29, 1.82) is 0 Å². The van der Waals surface area contributed by atoms with E-state index in [9.17, 15) is 9.59 Å². The summed E-state index contributed by atoms with van der Waals surface area (Å²) in [6.07, 6.45) is 14.8. The van der Waals surface area contributed by atoms with Crippen molar-refractivity contribution < 1.29 is 9.59 Å². The van der Waals surface area contributed by atoms with E-state index in [1.807, 2.05) is 24.5 Å². The van der Waals surface area contributed by atoms with Crippen molar-refractivity contribution >= 4 is 11.6 Å². The third kappa shape index (κ3) is 5.10. The van der Waals surface area contributed by atoms with Gasteiger partial charge in [0.05, 0.1) is 12.1 Å². The van der Waals surface area contributed by atoms with Crippen molar-refractivity contribution in [2.24, 2.45) is 23.7 Å². The molecule has 4 nitrogen and oxygen atoms in total. The highest BCUT2D eigenvalue weighted by Gasteiger charge is 2.39. The molecule has 4 heteroatoms. The van der Waals surface area contributed by atoms with Crippen LogP contribution in [0, 0.1) is 23.7 Å². The average molecular weight is 509 g/mol. The van der Waals surface area contributed by atoms with Crippen molar-refractivity contribution in [3.05, 3.63) is 95.3 Å². The minimum absolute atomic E-state index is 0.102. The number of rotatable bonds is 7. The van der Waals surface area contributed by atoms with Gasteiger partial charge in [-0.05, 0) is 74.3 Å². The second kappa shape index (κ2) is 11.3. The van der Waals surface area contributed by atoms with E-state index in [0.29, 0.717) is 23.4 Å². The zero-order valence-electron chi connectivity index (χ0n) is 22.3. The molecule has 2 N–H and O–H groups in total. The maximum atomic E-state index is 13.3. The lowest BCUT2D eigenvalue weighted by Gasteiger charge is -2.32. The normalized spacial score (nSPS) is 30.6. The molecule has 0 spiro atoms. The second-order valence-electron chi connectivity index (χ2n) is 11.8. The number of carbonyl (C=O) groups is 2. The van der Waals surface area contributed by atoms with Crippen LogP contribution in [0.5, 0.6) is 0 Å². The van der Waals surface area contributed by atoms with Crippen molar-refractivity contribution in [2.45, 2.75) is 76.3 Å². The van der Waals surface area contributed by atoms with Gasteiger partial charge in [-0.2, -0.15) is 0 Å². The molecule has 0 bridgehead atoms. The van der Waals surface area contributed by atoms with Crippen LogP contribution in [0.1, 0.15) is 87.4 Å². The van der Waals surface area contributed by atoms with E-state index in [4.69, 9.17) is 0 Å². The predicted octanol–water partition coefficient (Wildman–Crippen LogP) is 6.97. The zero-order valence-corrected chi connectivity index (χ0v) is 22.3. The van der Waals surface area contributed by atoms with Gasteiger partial charge in [-0.1, -0.05) is 73.5 Å². The molecule has 0 radical (unpaired) electrons. The Morgan fingerprint density at radius 3 is 1.42 bits per heavy atom. The van der Waals surface area contributed by atoms with Crippen LogP contribution in [-0.2, 0) is 9.59 Å². The number of allylic oxidation sites excluding steroid dienone is 2. The van der Waals surface area contributed by atoms with Crippen molar-refractivity contribution in [1.82, 2.24) is 10.6 Å². The molecule has 0 aliphatic heterocycles. The molecule has 6 rings (SSSR count). The van der Waals surface area contributed by atoms with Gasteiger partial charge in [-0.3, -0.25) is 9.59 Å². The van der Waals surface area contributed by atoms with Crippen LogP contribution in [0.2, 0.25) is 0 Å². The number of benzene rings is 2. The Labute approximate surface area is 227 Å². The molecular formula is C34H40N2O2. The number of carbonyl (C=O) groups excluding carboxylic acids is 2. The first-order chi connectivity index (χ1) is 18.7. The number of Topliss-reactive ketones (excluding diaryl/α,β-unsaturated/α-hetero) is 2. The molecule has 4 saturated carbocycles. The van der Waals surface area contributed by atoms with Crippen LogP contribution in [0.3, 0.4) is 0 Å². The fourth-order valence-electron chi connectivity index (χ4n) is 7.62. The molecule has 4 aliphatic rings. The smallest absolute Gasteiger partial charge is 0.163 e. The average Bonchev–Trinajstić information content (AvgIpc) is 3.64. The quantitative estimate of drug-likeness (QED) is 0.396. The monoisotopic (exact) mass is 508 g/mol. The second-order valence-corrected chi connectivity index (χ2v) is 11.8. The number of nitrogens with one attached hydrogen (secondary N) is 2. The summed E-state index contributed by atoms with van der Waals surface area (Å²) < 4.78 is 0. The van der Waals surface area contributed by atoms with Gasteiger partial charge in [0.15, 0.2) is 11.6 Å². The number of fused-ring (bicyclic) bond motifs is 2. The van der Waals surface area contributed by atoms with E-state index in [1.165, 1.54) is 25.7 Å². The Hall–Kier alpha value is -3.14. The summed E-state index contributed by atoms with van der Waals surface area (Å²) in [6, 6.07) is 20.7. The van der Waals surface area contributed by atoms with Crippen LogP contribution in [0.15, 0.2) is 84.2 Å². The maximum Gasteiger partial charge on any atom is 0.163 e. The van der Waals surface area contributed by atoms with Gasteiger partial charge in [-0.25, -0.2) is 0 Å². The molecule has 4 unspecified atom stereocenters. The fourth-order valence-corrected chi connectivity index (χ4v) is 7.62. The van der Waals surface area contributed by atoms with E-state index in [0.717, 1.165) is 60.8 Å². The van der Waals surface area contributed by atoms with Crippen LogP contribution >= 0.6 is 0 Å². The lowest BCUT2D eigenvalue weighted by atomic mass is 9.78. The molecule has 0 amide bonds. The first-order valence-electron chi connectivity index (χ1n) is 14.8. The van der Waals surface area contributed by atoms with Gasteiger partial charge in [0.2, 0.25) is 0 Å². The highest BCUT2D eigenvalue weighted by atomic mass is 16.1. The number of hydrogen-bond donors (Lipinski definition) is 2. The highest BCUT2D eigenvalue weighted by molar-refractivity contribution is 5.98. The number of hydrogen-bond acceptors (Lipinski definition) is 4. The third-order valence-corrected chi connectivity index (χ3v) is 9.72. The van der Waals surface area contributed by atoms with Gasteiger partial charge in [0, 0.05) is 35.4 Å². The summed E-state index contributed by atoms with van der Waals surface area (Å²) in [6.45, 7) is 0. The fraction of sp³-hybridized carbons (Fsp3) is 0.471. The molecule has 2 aromatic rings.